The zero-order chi connectivity index (χ0) is 17.6. The van der Waals surface area contributed by atoms with Crippen molar-refractivity contribution >= 4 is 47.7 Å². The van der Waals surface area contributed by atoms with E-state index in [1.807, 2.05) is 29.2 Å². The van der Waals surface area contributed by atoms with Gasteiger partial charge in [0.25, 0.3) is 0 Å². The number of carbonyl (C=O) groups excluding carboxylic acids is 1. The number of thiazole rings is 1. The molecule has 8 heteroatoms. The number of carbonyl (C=O) groups is 1. The van der Waals surface area contributed by atoms with Crippen molar-refractivity contribution in [1.29, 1.82) is 0 Å². The number of rotatable bonds is 6. The molecule has 1 saturated heterocycles. The van der Waals surface area contributed by atoms with Crippen molar-refractivity contribution in [2.45, 2.75) is 32.7 Å². The van der Waals surface area contributed by atoms with Gasteiger partial charge in [0.05, 0.1) is 10.7 Å². The quantitative estimate of drug-likeness (QED) is 0.713. The molecule has 0 aliphatic carbocycles. The summed E-state index contributed by atoms with van der Waals surface area (Å²) >= 11 is 1.74. The maximum atomic E-state index is 12.4. The van der Waals surface area contributed by atoms with Crippen LogP contribution in [0.3, 0.4) is 0 Å². The third-order valence-electron chi connectivity index (χ3n) is 4.68. The van der Waals surface area contributed by atoms with E-state index in [1.54, 1.807) is 11.3 Å². The topological polar surface area (TPSA) is 62.5 Å². The van der Waals surface area contributed by atoms with E-state index in [-0.39, 0.29) is 30.7 Å². The Hall–Kier alpha value is -1.34. The van der Waals surface area contributed by atoms with Gasteiger partial charge >= 0.3 is 0 Å². The molecule has 1 aromatic heterocycles. The first-order chi connectivity index (χ1) is 12.2. The van der Waals surface area contributed by atoms with Crippen molar-refractivity contribution in [3.05, 3.63) is 45.9 Å². The number of nitrogens with two attached hydrogens (primary N) is 1. The number of benzene rings is 1. The van der Waals surface area contributed by atoms with E-state index in [0.717, 1.165) is 56.1 Å². The summed E-state index contributed by atoms with van der Waals surface area (Å²) in [6.45, 7) is 6.45. The van der Waals surface area contributed by atoms with Crippen molar-refractivity contribution < 1.29 is 4.79 Å². The number of halogens is 2. The third kappa shape index (κ3) is 6.64. The minimum atomic E-state index is 0. The van der Waals surface area contributed by atoms with Gasteiger partial charge in [-0.3, -0.25) is 9.69 Å². The Morgan fingerprint density at radius 2 is 1.89 bits per heavy atom. The molecule has 1 amide bonds. The van der Waals surface area contributed by atoms with Crippen LogP contribution in [-0.2, 0) is 24.2 Å². The molecule has 0 spiro atoms. The van der Waals surface area contributed by atoms with Gasteiger partial charge in [-0.2, -0.15) is 0 Å². The minimum absolute atomic E-state index is 0. The summed E-state index contributed by atoms with van der Waals surface area (Å²) in [6, 6.07) is 7.78. The smallest absolute Gasteiger partial charge is 0.222 e. The number of hydrogen-bond acceptors (Lipinski definition) is 5. The van der Waals surface area contributed by atoms with E-state index in [1.165, 1.54) is 5.01 Å². The van der Waals surface area contributed by atoms with Crippen molar-refractivity contribution in [2.24, 2.45) is 0 Å². The normalized spacial score (nSPS) is 14.3. The molecule has 0 atom stereocenters. The summed E-state index contributed by atoms with van der Waals surface area (Å²) in [5, 5.41) is 3.35. The molecule has 5 nitrogen and oxygen atoms in total. The first kappa shape index (κ1) is 23.7. The van der Waals surface area contributed by atoms with Crippen LogP contribution in [0, 0.1) is 0 Å². The Morgan fingerprint density at radius 1 is 1.19 bits per heavy atom. The number of aromatic nitrogens is 1. The molecule has 0 radical (unpaired) electrons. The molecule has 1 aliphatic rings. The summed E-state index contributed by atoms with van der Waals surface area (Å²) in [5.41, 5.74) is 8.94. The summed E-state index contributed by atoms with van der Waals surface area (Å²) in [4.78, 5) is 21.4. The second kappa shape index (κ2) is 11.5. The summed E-state index contributed by atoms with van der Waals surface area (Å²) in [7, 11) is 0. The van der Waals surface area contributed by atoms with Gasteiger partial charge in [0.15, 0.2) is 0 Å². The number of hydrogen-bond donors (Lipinski definition) is 1. The zero-order valence-electron chi connectivity index (χ0n) is 15.6. The molecular weight excluding hydrogens is 403 g/mol. The highest BCUT2D eigenvalue weighted by Crippen LogP contribution is 2.16. The van der Waals surface area contributed by atoms with Gasteiger partial charge in [0.2, 0.25) is 5.91 Å². The Labute approximate surface area is 177 Å². The predicted molar refractivity (Wildman–Crippen MR) is 117 cm³/mol. The van der Waals surface area contributed by atoms with Crippen LogP contribution in [-0.4, -0.2) is 46.9 Å². The monoisotopic (exact) mass is 430 g/mol. The summed E-state index contributed by atoms with van der Waals surface area (Å²) in [5.74, 6) is 0.227. The molecule has 0 saturated carbocycles. The fourth-order valence-corrected chi connectivity index (χ4v) is 3.87. The van der Waals surface area contributed by atoms with E-state index >= 15 is 0 Å². The number of amides is 1. The number of nitrogens with zero attached hydrogens (tertiary/aromatic N) is 3. The van der Waals surface area contributed by atoms with E-state index in [9.17, 15) is 4.79 Å². The Kier molecular flexibility index (Phi) is 10.1. The van der Waals surface area contributed by atoms with Crippen LogP contribution < -0.4 is 5.73 Å². The van der Waals surface area contributed by atoms with Crippen LogP contribution in [0.5, 0.6) is 0 Å². The lowest BCUT2D eigenvalue weighted by molar-refractivity contribution is -0.133. The van der Waals surface area contributed by atoms with Crippen LogP contribution in [0.4, 0.5) is 5.69 Å². The van der Waals surface area contributed by atoms with Gasteiger partial charge in [0.1, 0.15) is 0 Å². The molecular formula is C19H28Cl2N4OS. The number of piperazine rings is 1. The van der Waals surface area contributed by atoms with Crippen LogP contribution in [0.25, 0.3) is 0 Å². The van der Waals surface area contributed by atoms with E-state index < -0.39 is 0 Å². The molecule has 150 valence electrons. The standard InChI is InChI=1S/C19H26N4OS.2ClH/c1-2-18-21-16(14-25-18)13-22-9-11-23(12-10-22)19(24)8-7-15-5-3-4-6-17(15)20;;/h3-6,14H,2,7-13,20H2,1H3;2*1H. The van der Waals surface area contributed by atoms with Gasteiger partial charge in [0, 0.05) is 50.2 Å². The molecule has 2 N–H and O–H groups in total. The van der Waals surface area contributed by atoms with Gasteiger partial charge in [-0.15, -0.1) is 36.2 Å². The van der Waals surface area contributed by atoms with Gasteiger partial charge in [-0.1, -0.05) is 25.1 Å². The highest BCUT2D eigenvalue weighted by molar-refractivity contribution is 7.09. The molecule has 1 aliphatic heterocycles. The van der Waals surface area contributed by atoms with Crippen LogP contribution >= 0.6 is 36.2 Å². The maximum absolute atomic E-state index is 12.4. The van der Waals surface area contributed by atoms with Crippen molar-refractivity contribution in [2.75, 3.05) is 31.9 Å². The van der Waals surface area contributed by atoms with E-state index in [0.29, 0.717) is 12.8 Å². The maximum Gasteiger partial charge on any atom is 0.222 e. The molecule has 1 aromatic carbocycles. The summed E-state index contributed by atoms with van der Waals surface area (Å²) in [6.07, 6.45) is 2.24. The lowest BCUT2D eigenvalue weighted by atomic mass is 10.1. The third-order valence-corrected chi connectivity index (χ3v) is 5.72. The molecule has 3 rings (SSSR count). The first-order valence-electron chi connectivity index (χ1n) is 8.92. The molecule has 0 bridgehead atoms. The number of nitrogen functional groups attached to an aromatic ring is 1. The largest absolute Gasteiger partial charge is 0.399 e. The van der Waals surface area contributed by atoms with Crippen molar-refractivity contribution in [1.82, 2.24) is 14.8 Å². The second-order valence-corrected chi connectivity index (χ2v) is 7.38. The second-order valence-electron chi connectivity index (χ2n) is 6.44. The van der Waals surface area contributed by atoms with Crippen molar-refractivity contribution in [3.63, 3.8) is 0 Å². The lowest BCUT2D eigenvalue weighted by Gasteiger charge is -2.34. The molecule has 0 unspecified atom stereocenters. The Morgan fingerprint density at radius 3 is 2.52 bits per heavy atom. The van der Waals surface area contributed by atoms with Crippen LogP contribution in [0.15, 0.2) is 29.6 Å². The molecule has 27 heavy (non-hydrogen) atoms. The predicted octanol–water partition coefficient (Wildman–Crippen LogP) is 3.41. The van der Waals surface area contributed by atoms with Crippen molar-refractivity contribution in [3.8, 4) is 0 Å². The molecule has 1 fully saturated rings. The van der Waals surface area contributed by atoms with Crippen LogP contribution in [0.1, 0.15) is 29.6 Å². The van der Waals surface area contributed by atoms with Crippen LogP contribution in [0.2, 0.25) is 0 Å². The zero-order valence-corrected chi connectivity index (χ0v) is 18.0. The SMILES string of the molecule is CCc1nc(CN2CCN(C(=O)CCc3ccccc3N)CC2)cs1.Cl.Cl. The molecule has 2 aromatic rings. The van der Waals surface area contributed by atoms with E-state index in [2.05, 4.69) is 22.2 Å². The average molecular weight is 431 g/mol. The number of aryl methyl sites for hydroxylation is 2. The molecule has 2 heterocycles. The number of anilines is 1. The van der Waals surface area contributed by atoms with E-state index in [4.69, 9.17) is 5.73 Å². The Balaban J connectivity index is 0.00000182. The minimum Gasteiger partial charge on any atom is -0.399 e. The van der Waals surface area contributed by atoms with Gasteiger partial charge in [-0.25, -0.2) is 4.98 Å². The highest BCUT2D eigenvalue weighted by Gasteiger charge is 2.21. The number of para-hydroxylation sites is 1. The average Bonchev–Trinajstić information content (AvgIpc) is 3.09. The summed E-state index contributed by atoms with van der Waals surface area (Å²) < 4.78 is 0. The van der Waals surface area contributed by atoms with Gasteiger partial charge in [-0.05, 0) is 24.5 Å². The first-order valence-corrected chi connectivity index (χ1v) is 9.80. The highest BCUT2D eigenvalue weighted by atomic mass is 35.5. The lowest BCUT2D eigenvalue weighted by Crippen LogP contribution is -2.48. The van der Waals surface area contributed by atoms with Gasteiger partial charge < -0.3 is 10.6 Å². The Bertz CT molecular complexity index is 717. The fraction of sp³-hybridized carbons (Fsp3) is 0.474. The fourth-order valence-electron chi connectivity index (χ4n) is 3.13.